The summed E-state index contributed by atoms with van der Waals surface area (Å²) in [7, 11) is 1.52. The van der Waals surface area contributed by atoms with E-state index in [1.807, 2.05) is 45.0 Å². The number of benzene rings is 3. The van der Waals surface area contributed by atoms with Crippen LogP contribution in [-0.2, 0) is 16.0 Å². The zero-order chi connectivity index (χ0) is 29.5. The molecule has 1 aromatic heterocycles. The minimum absolute atomic E-state index is 0.0153. The number of anilines is 1. The highest BCUT2D eigenvalue weighted by atomic mass is 32.1. The first kappa shape index (κ1) is 27.6. The maximum absolute atomic E-state index is 13.7. The van der Waals surface area contributed by atoms with E-state index in [0.29, 0.717) is 58.7 Å². The number of thiazole rings is 1. The number of carbonyl (C=O) groups excluding carboxylic acids is 2. The van der Waals surface area contributed by atoms with Crippen LogP contribution in [0, 0.1) is 0 Å². The van der Waals surface area contributed by atoms with Gasteiger partial charge in [-0.2, -0.15) is 0 Å². The summed E-state index contributed by atoms with van der Waals surface area (Å²) in [5.41, 5.74) is 2.54. The van der Waals surface area contributed by atoms with E-state index in [-0.39, 0.29) is 17.4 Å². The van der Waals surface area contributed by atoms with Crippen LogP contribution in [-0.4, -0.2) is 48.2 Å². The molecule has 1 saturated heterocycles. The Morgan fingerprint density at radius 3 is 2.62 bits per heavy atom. The van der Waals surface area contributed by atoms with Gasteiger partial charge in [-0.15, -0.1) is 0 Å². The maximum Gasteiger partial charge on any atom is 0.301 e. The van der Waals surface area contributed by atoms with Crippen LogP contribution in [0.3, 0.4) is 0 Å². The van der Waals surface area contributed by atoms with Gasteiger partial charge >= 0.3 is 5.91 Å². The quantitative estimate of drug-likeness (QED) is 0.151. The Kier molecular flexibility index (Phi) is 7.24. The second kappa shape index (κ2) is 11.0. The number of hydrogen-bond acceptors (Lipinski definition) is 9. The van der Waals surface area contributed by atoms with Gasteiger partial charge in [-0.05, 0) is 80.4 Å². The second-order valence-electron chi connectivity index (χ2n) is 10.0. The zero-order valence-corrected chi connectivity index (χ0v) is 24.5. The van der Waals surface area contributed by atoms with Crippen LogP contribution in [0.2, 0.25) is 0 Å². The number of rotatable bonds is 8. The van der Waals surface area contributed by atoms with Crippen LogP contribution in [0.25, 0.3) is 16.0 Å². The van der Waals surface area contributed by atoms with E-state index < -0.39 is 17.7 Å². The summed E-state index contributed by atoms with van der Waals surface area (Å²) in [6.45, 7) is 6.69. The molecule has 216 valence electrons. The molecule has 0 radical (unpaired) electrons. The van der Waals surface area contributed by atoms with Crippen molar-refractivity contribution < 1.29 is 33.6 Å². The van der Waals surface area contributed by atoms with E-state index in [1.165, 1.54) is 23.3 Å². The van der Waals surface area contributed by atoms with Crippen LogP contribution < -0.4 is 23.8 Å². The summed E-state index contributed by atoms with van der Waals surface area (Å²) >= 11 is 1.27. The van der Waals surface area contributed by atoms with Gasteiger partial charge in [0.15, 0.2) is 16.6 Å². The number of nitrogens with zero attached hydrogens (tertiary/aromatic N) is 2. The van der Waals surface area contributed by atoms with Crippen molar-refractivity contribution in [1.29, 1.82) is 0 Å². The van der Waals surface area contributed by atoms with E-state index in [2.05, 4.69) is 0 Å². The van der Waals surface area contributed by atoms with Crippen molar-refractivity contribution in [3.63, 3.8) is 0 Å². The number of aliphatic hydroxyl groups is 1. The van der Waals surface area contributed by atoms with Gasteiger partial charge in [-0.3, -0.25) is 14.5 Å². The lowest BCUT2D eigenvalue weighted by atomic mass is 9.94. The molecule has 4 aromatic rings. The smallest absolute Gasteiger partial charge is 0.301 e. The van der Waals surface area contributed by atoms with E-state index in [4.69, 9.17) is 23.9 Å². The van der Waals surface area contributed by atoms with Crippen molar-refractivity contribution in [3.05, 3.63) is 76.9 Å². The third-order valence-corrected chi connectivity index (χ3v) is 8.30. The van der Waals surface area contributed by atoms with Gasteiger partial charge in [-0.25, -0.2) is 4.98 Å². The van der Waals surface area contributed by atoms with Gasteiger partial charge in [0.25, 0.3) is 5.78 Å². The fourth-order valence-electron chi connectivity index (χ4n) is 5.45. The molecule has 0 spiro atoms. The average Bonchev–Trinajstić information content (AvgIpc) is 3.65. The average molecular weight is 587 g/mol. The van der Waals surface area contributed by atoms with E-state index in [9.17, 15) is 14.7 Å². The van der Waals surface area contributed by atoms with Crippen molar-refractivity contribution in [2.24, 2.45) is 0 Å². The molecule has 1 N–H and O–H groups in total. The van der Waals surface area contributed by atoms with Crippen molar-refractivity contribution >= 4 is 44.1 Å². The zero-order valence-electron chi connectivity index (χ0n) is 23.7. The van der Waals surface area contributed by atoms with Gasteiger partial charge in [0.1, 0.15) is 23.4 Å². The molecule has 42 heavy (non-hydrogen) atoms. The van der Waals surface area contributed by atoms with Crippen LogP contribution >= 0.6 is 11.3 Å². The first-order valence-corrected chi connectivity index (χ1v) is 14.6. The van der Waals surface area contributed by atoms with Crippen LogP contribution in [0.4, 0.5) is 5.13 Å². The molecule has 3 heterocycles. The predicted molar refractivity (Wildman–Crippen MR) is 160 cm³/mol. The standard InChI is InChI=1S/C32H30N2O7S/c1-5-39-21-9-10-22-26(16-21)42-32(33-22)34-28(18-7-12-24(40-6-2)25(15-18)38-4)27(30(36)31(34)37)29(35)19-8-11-23-20(14-19)13-17(3)41-23/h7-12,14-17,28,35H,5-6,13H2,1-4H3/t17-,28+/m0/s1. The summed E-state index contributed by atoms with van der Waals surface area (Å²) < 4.78 is 23.5. The molecule has 3 aromatic carbocycles. The monoisotopic (exact) mass is 586 g/mol. The summed E-state index contributed by atoms with van der Waals surface area (Å²) in [5, 5.41) is 12.0. The largest absolute Gasteiger partial charge is 0.507 e. The number of methoxy groups -OCH3 is 1. The molecule has 0 saturated carbocycles. The lowest BCUT2D eigenvalue weighted by molar-refractivity contribution is -0.132. The molecule has 9 nitrogen and oxygen atoms in total. The van der Waals surface area contributed by atoms with Crippen molar-refractivity contribution in [2.45, 2.75) is 39.3 Å². The molecular weight excluding hydrogens is 556 g/mol. The topological polar surface area (TPSA) is 107 Å². The van der Waals surface area contributed by atoms with E-state index >= 15 is 0 Å². The van der Waals surface area contributed by atoms with Crippen molar-refractivity contribution in [2.75, 3.05) is 25.2 Å². The number of Topliss-reactive ketones (excluding diaryl/α,β-unsaturated/α-hetero) is 1. The lowest BCUT2D eigenvalue weighted by Gasteiger charge is -2.24. The third kappa shape index (κ3) is 4.71. The molecule has 0 unspecified atom stereocenters. The van der Waals surface area contributed by atoms with E-state index in [0.717, 1.165) is 16.0 Å². The number of carbonyl (C=O) groups is 2. The Bertz CT molecular complexity index is 1740. The number of aliphatic hydroxyl groups excluding tert-OH is 1. The first-order valence-electron chi connectivity index (χ1n) is 13.8. The maximum atomic E-state index is 13.7. The van der Waals surface area contributed by atoms with Gasteiger partial charge < -0.3 is 24.1 Å². The van der Waals surface area contributed by atoms with Gasteiger partial charge in [0, 0.05) is 12.0 Å². The fraction of sp³-hybridized carbons (Fsp3) is 0.281. The molecule has 1 amide bonds. The van der Waals surface area contributed by atoms with Gasteiger partial charge in [0.2, 0.25) is 0 Å². The number of ketones is 1. The van der Waals surface area contributed by atoms with Gasteiger partial charge in [-0.1, -0.05) is 17.4 Å². The van der Waals surface area contributed by atoms with E-state index in [1.54, 1.807) is 30.3 Å². The van der Waals surface area contributed by atoms with Crippen LogP contribution in [0.15, 0.2) is 60.2 Å². The van der Waals surface area contributed by atoms with Crippen molar-refractivity contribution in [3.8, 4) is 23.0 Å². The second-order valence-corrected chi connectivity index (χ2v) is 11.0. The van der Waals surface area contributed by atoms with Gasteiger partial charge in [0.05, 0.1) is 42.2 Å². The molecular formula is C32H30N2O7S. The molecule has 2 aliphatic rings. The Balaban J connectivity index is 1.53. The molecule has 10 heteroatoms. The van der Waals surface area contributed by atoms with Crippen LogP contribution in [0.5, 0.6) is 23.0 Å². The highest BCUT2D eigenvalue weighted by Crippen LogP contribution is 2.46. The van der Waals surface area contributed by atoms with Crippen molar-refractivity contribution in [1.82, 2.24) is 4.98 Å². The normalized spacial score (nSPS) is 19.2. The number of fused-ring (bicyclic) bond motifs is 2. The number of hydrogen-bond donors (Lipinski definition) is 1. The summed E-state index contributed by atoms with van der Waals surface area (Å²) in [4.78, 5) is 33.5. The molecule has 0 bridgehead atoms. The fourth-order valence-corrected chi connectivity index (χ4v) is 6.47. The third-order valence-electron chi connectivity index (χ3n) is 7.28. The molecule has 1 fully saturated rings. The van der Waals surface area contributed by atoms with Crippen LogP contribution in [0.1, 0.15) is 43.5 Å². The highest BCUT2D eigenvalue weighted by Gasteiger charge is 2.48. The number of aromatic nitrogens is 1. The minimum Gasteiger partial charge on any atom is -0.507 e. The Hall–Kier alpha value is -4.57. The first-order chi connectivity index (χ1) is 20.3. The molecule has 0 aliphatic carbocycles. The summed E-state index contributed by atoms with van der Waals surface area (Å²) in [5.74, 6) is 0.543. The molecule has 2 atom stereocenters. The number of ether oxygens (including phenoxy) is 4. The minimum atomic E-state index is -0.968. The molecule has 2 aliphatic heterocycles. The summed E-state index contributed by atoms with van der Waals surface area (Å²) in [6, 6.07) is 15.0. The molecule has 6 rings (SSSR count). The summed E-state index contributed by atoms with van der Waals surface area (Å²) in [6.07, 6.45) is 0.696. The Labute approximate surface area is 246 Å². The highest BCUT2D eigenvalue weighted by molar-refractivity contribution is 7.22. The predicted octanol–water partition coefficient (Wildman–Crippen LogP) is 6.05. The lowest BCUT2D eigenvalue weighted by Crippen LogP contribution is -2.29. The Morgan fingerprint density at radius 1 is 1.05 bits per heavy atom. The number of amides is 1. The Morgan fingerprint density at radius 2 is 1.86 bits per heavy atom. The SMILES string of the molecule is CCOc1ccc2nc(N3C(=O)C(=O)C(=C(O)c4ccc5c(c4)C[C@H](C)O5)[C@H]3c3ccc(OCC)c(OC)c3)sc2c1.